The zero-order valence-corrected chi connectivity index (χ0v) is 5.98. The van der Waals surface area contributed by atoms with Crippen LogP contribution in [0.5, 0.6) is 0 Å². The van der Waals surface area contributed by atoms with Crippen LogP contribution in [0.4, 0.5) is 0 Å². The highest BCUT2D eigenvalue weighted by molar-refractivity contribution is 4.51. The maximum absolute atomic E-state index is 2.29. The van der Waals surface area contributed by atoms with Gasteiger partial charge in [0.05, 0.1) is 26.2 Å². The van der Waals surface area contributed by atoms with Gasteiger partial charge in [0.2, 0.25) is 0 Å². The third kappa shape index (κ3) is 0.752. The van der Waals surface area contributed by atoms with Gasteiger partial charge in [-0.2, -0.15) is 0 Å². The molecule has 48 valence electrons. The monoisotopic (exact) mass is 114 g/mol. The first-order chi connectivity index (χ1) is 3.83. The lowest BCUT2D eigenvalue weighted by Gasteiger charge is -2.44. The molecule has 1 heterocycles. The van der Waals surface area contributed by atoms with Crippen LogP contribution in [0, 0.1) is 0 Å². The standard InChI is InChI=1S/C7H16N/c1-3-8(4-2)6-5-7-8/h3-7H2,1-2H3/q+1. The minimum Gasteiger partial charge on any atom is -0.324 e. The molecule has 0 aromatic heterocycles. The van der Waals surface area contributed by atoms with Crippen LogP contribution in [-0.2, 0) is 0 Å². The van der Waals surface area contributed by atoms with E-state index in [1.807, 2.05) is 0 Å². The van der Waals surface area contributed by atoms with Crippen LogP contribution in [0.3, 0.4) is 0 Å². The van der Waals surface area contributed by atoms with Gasteiger partial charge >= 0.3 is 0 Å². The predicted octanol–water partition coefficient (Wildman–Crippen LogP) is 1.25. The highest BCUT2D eigenvalue weighted by Crippen LogP contribution is 2.17. The summed E-state index contributed by atoms with van der Waals surface area (Å²) in [4.78, 5) is 0. The normalized spacial score (nSPS) is 24.8. The lowest BCUT2D eigenvalue weighted by molar-refractivity contribution is -0.960. The van der Waals surface area contributed by atoms with Gasteiger partial charge < -0.3 is 4.48 Å². The zero-order chi connectivity index (χ0) is 6.04. The minimum absolute atomic E-state index is 1.34. The average molecular weight is 114 g/mol. The van der Waals surface area contributed by atoms with Crippen molar-refractivity contribution < 1.29 is 4.48 Å². The number of nitrogens with zero attached hydrogens (tertiary/aromatic N) is 1. The van der Waals surface area contributed by atoms with Crippen molar-refractivity contribution in [3.63, 3.8) is 0 Å². The minimum atomic E-state index is 1.34. The number of hydrogen-bond donors (Lipinski definition) is 0. The molecule has 0 N–H and O–H groups in total. The van der Waals surface area contributed by atoms with Gasteiger partial charge in [0.25, 0.3) is 0 Å². The molecular formula is C7H16N+. The molecule has 0 spiro atoms. The van der Waals surface area contributed by atoms with Gasteiger partial charge in [-0.3, -0.25) is 0 Å². The van der Waals surface area contributed by atoms with Crippen LogP contribution < -0.4 is 0 Å². The predicted molar refractivity (Wildman–Crippen MR) is 35.7 cm³/mol. The first-order valence-electron chi connectivity index (χ1n) is 3.68. The van der Waals surface area contributed by atoms with Crippen LogP contribution in [0.15, 0.2) is 0 Å². The van der Waals surface area contributed by atoms with Crippen LogP contribution in [0.2, 0.25) is 0 Å². The quantitative estimate of drug-likeness (QED) is 0.474. The molecule has 0 atom stereocenters. The van der Waals surface area contributed by atoms with Crippen molar-refractivity contribution in [3.05, 3.63) is 0 Å². The van der Waals surface area contributed by atoms with E-state index in [0.29, 0.717) is 0 Å². The number of hydrogen-bond acceptors (Lipinski definition) is 0. The molecule has 0 bridgehead atoms. The van der Waals surface area contributed by atoms with E-state index < -0.39 is 0 Å². The fourth-order valence-electron chi connectivity index (χ4n) is 1.46. The first-order valence-corrected chi connectivity index (χ1v) is 3.68. The van der Waals surface area contributed by atoms with E-state index in [9.17, 15) is 0 Å². The fraction of sp³-hybridized carbons (Fsp3) is 1.00. The number of likely N-dealkylation sites (tertiary alicyclic amines) is 1. The molecule has 1 aliphatic heterocycles. The van der Waals surface area contributed by atoms with E-state index in [1.54, 1.807) is 0 Å². The SMILES string of the molecule is CC[N+]1(CC)CCC1. The molecule has 1 rings (SSSR count). The Morgan fingerprint density at radius 1 is 1.12 bits per heavy atom. The van der Waals surface area contributed by atoms with Crippen molar-refractivity contribution in [2.24, 2.45) is 0 Å². The third-order valence-electron chi connectivity index (χ3n) is 2.61. The molecule has 0 aliphatic carbocycles. The summed E-state index contributed by atoms with van der Waals surface area (Å²) in [6, 6.07) is 0. The van der Waals surface area contributed by atoms with E-state index in [0.717, 1.165) is 0 Å². The first kappa shape index (κ1) is 6.09. The maximum Gasteiger partial charge on any atom is 0.0840 e. The van der Waals surface area contributed by atoms with Crippen molar-refractivity contribution >= 4 is 0 Å². The second-order valence-corrected chi connectivity index (χ2v) is 2.77. The summed E-state index contributed by atoms with van der Waals surface area (Å²) in [5, 5.41) is 0. The van der Waals surface area contributed by atoms with Gasteiger partial charge in [0, 0.05) is 6.42 Å². The summed E-state index contributed by atoms with van der Waals surface area (Å²) in [6.45, 7) is 10.2. The van der Waals surface area contributed by atoms with Gasteiger partial charge in [0.1, 0.15) is 0 Å². The fourth-order valence-corrected chi connectivity index (χ4v) is 1.46. The average Bonchev–Trinajstić information content (AvgIpc) is 1.67. The molecule has 0 aromatic carbocycles. The highest BCUT2D eigenvalue weighted by atomic mass is 15.4. The Morgan fingerprint density at radius 3 is 1.62 bits per heavy atom. The van der Waals surface area contributed by atoms with Crippen LogP contribution in [-0.4, -0.2) is 30.7 Å². The lowest BCUT2D eigenvalue weighted by Crippen LogP contribution is -2.57. The Labute approximate surface area is 51.9 Å². The summed E-state index contributed by atoms with van der Waals surface area (Å²) in [6.07, 6.45) is 1.46. The number of quaternary nitrogens is 1. The van der Waals surface area contributed by atoms with E-state index in [-0.39, 0.29) is 0 Å². The van der Waals surface area contributed by atoms with Crippen LogP contribution >= 0.6 is 0 Å². The van der Waals surface area contributed by atoms with Crippen molar-refractivity contribution in [2.75, 3.05) is 26.2 Å². The van der Waals surface area contributed by atoms with Crippen molar-refractivity contribution in [3.8, 4) is 0 Å². The van der Waals surface area contributed by atoms with Crippen molar-refractivity contribution in [1.82, 2.24) is 0 Å². The summed E-state index contributed by atoms with van der Waals surface area (Å²) < 4.78 is 1.39. The second-order valence-electron chi connectivity index (χ2n) is 2.77. The summed E-state index contributed by atoms with van der Waals surface area (Å²) >= 11 is 0. The summed E-state index contributed by atoms with van der Waals surface area (Å²) in [5.74, 6) is 0. The summed E-state index contributed by atoms with van der Waals surface area (Å²) in [7, 11) is 0. The van der Waals surface area contributed by atoms with Crippen LogP contribution in [0.25, 0.3) is 0 Å². The molecule has 1 heteroatoms. The highest BCUT2D eigenvalue weighted by Gasteiger charge is 2.30. The van der Waals surface area contributed by atoms with Crippen LogP contribution in [0.1, 0.15) is 20.3 Å². The summed E-state index contributed by atoms with van der Waals surface area (Å²) in [5.41, 5.74) is 0. The molecule has 0 radical (unpaired) electrons. The smallest absolute Gasteiger partial charge is 0.0840 e. The molecule has 8 heavy (non-hydrogen) atoms. The third-order valence-corrected chi connectivity index (χ3v) is 2.61. The Kier molecular flexibility index (Phi) is 1.57. The molecular weight excluding hydrogens is 98.1 g/mol. The van der Waals surface area contributed by atoms with E-state index in [4.69, 9.17) is 0 Å². The molecule has 1 aliphatic rings. The lowest BCUT2D eigenvalue weighted by atomic mass is 10.1. The largest absolute Gasteiger partial charge is 0.324 e. The molecule has 1 nitrogen and oxygen atoms in total. The van der Waals surface area contributed by atoms with E-state index in [1.165, 1.54) is 37.1 Å². The molecule has 1 saturated heterocycles. The Hall–Kier alpha value is -0.0400. The van der Waals surface area contributed by atoms with Gasteiger partial charge in [-0.15, -0.1) is 0 Å². The molecule has 1 fully saturated rings. The molecule has 0 aromatic rings. The Morgan fingerprint density at radius 2 is 1.62 bits per heavy atom. The van der Waals surface area contributed by atoms with Crippen molar-refractivity contribution in [2.45, 2.75) is 20.3 Å². The van der Waals surface area contributed by atoms with E-state index in [2.05, 4.69) is 13.8 Å². The van der Waals surface area contributed by atoms with Gasteiger partial charge in [-0.25, -0.2) is 0 Å². The molecule has 0 saturated carbocycles. The molecule has 0 unspecified atom stereocenters. The topological polar surface area (TPSA) is 0 Å². The van der Waals surface area contributed by atoms with Gasteiger partial charge in [-0.05, 0) is 13.8 Å². The van der Waals surface area contributed by atoms with Crippen molar-refractivity contribution in [1.29, 1.82) is 0 Å². The zero-order valence-electron chi connectivity index (χ0n) is 5.98. The second kappa shape index (κ2) is 2.06. The number of rotatable bonds is 2. The van der Waals surface area contributed by atoms with Gasteiger partial charge in [-0.1, -0.05) is 0 Å². The Balaban J connectivity index is 2.33. The molecule has 0 amide bonds. The maximum atomic E-state index is 2.29. The Bertz CT molecular complexity index is 60.9. The van der Waals surface area contributed by atoms with E-state index >= 15 is 0 Å². The van der Waals surface area contributed by atoms with Gasteiger partial charge in [0.15, 0.2) is 0 Å².